The SMILES string of the molecule is Cc1ccc(C)c(NC(=O)CCN2C(=S)N[C@H](c3ccccn3)[C@@H]2c2cccn2-c2ccccc2C)c1. The molecule has 2 aromatic heterocycles. The third-order valence-electron chi connectivity index (χ3n) is 6.90. The number of aromatic nitrogens is 2. The van der Waals surface area contributed by atoms with Crippen molar-refractivity contribution in [3.8, 4) is 5.69 Å². The van der Waals surface area contributed by atoms with Crippen molar-refractivity contribution in [1.82, 2.24) is 19.8 Å². The van der Waals surface area contributed by atoms with Crippen molar-refractivity contribution < 1.29 is 4.79 Å². The number of aryl methyl sites for hydroxylation is 3. The van der Waals surface area contributed by atoms with E-state index in [4.69, 9.17) is 12.2 Å². The molecule has 1 aliphatic rings. The molecule has 0 radical (unpaired) electrons. The molecule has 4 aromatic rings. The number of nitrogens with one attached hydrogen (secondary N) is 2. The van der Waals surface area contributed by atoms with Crippen LogP contribution in [0.5, 0.6) is 0 Å². The summed E-state index contributed by atoms with van der Waals surface area (Å²) in [6.45, 7) is 6.62. The molecule has 37 heavy (non-hydrogen) atoms. The Bertz CT molecular complexity index is 1430. The lowest BCUT2D eigenvalue weighted by Gasteiger charge is -2.29. The van der Waals surface area contributed by atoms with E-state index >= 15 is 0 Å². The molecule has 1 amide bonds. The quantitative estimate of drug-likeness (QED) is 0.309. The van der Waals surface area contributed by atoms with Crippen LogP contribution in [0, 0.1) is 20.8 Å². The van der Waals surface area contributed by atoms with Crippen molar-refractivity contribution in [3.63, 3.8) is 0 Å². The first-order valence-electron chi connectivity index (χ1n) is 12.5. The number of amides is 1. The van der Waals surface area contributed by atoms with Crippen LogP contribution in [0.15, 0.2) is 85.2 Å². The summed E-state index contributed by atoms with van der Waals surface area (Å²) in [7, 11) is 0. The van der Waals surface area contributed by atoms with Gasteiger partial charge in [0.15, 0.2) is 5.11 Å². The second-order valence-electron chi connectivity index (χ2n) is 9.53. The number of hydrogen-bond donors (Lipinski definition) is 2. The maximum Gasteiger partial charge on any atom is 0.226 e. The smallest absolute Gasteiger partial charge is 0.226 e. The van der Waals surface area contributed by atoms with Crippen molar-refractivity contribution in [2.45, 2.75) is 39.3 Å². The Morgan fingerprint density at radius 3 is 2.59 bits per heavy atom. The average Bonchev–Trinajstić information content (AvgIpc) is 3.50. The van der Waals surface area contributed by atoms with Crippen LogP contribution in [0.1, 0.15) is 46.6 Å². The van der Waals surface area contributed by atoms with Crippen molar-refractivity contribution in [3.05, 3.63) is 113 Å². The third-order valence-corrected chi connectivity index (χ3v) is 7.26. The van der Waals surface area contributed by atoms with Crippen LogP contribution in [0.25, 0.3) is 5.69 Å². The van der Waals surface area contributed by atoms with Gasteiger partial charge in [0, 0.05) is 42.4 Å². The molecular weight excluding hydrogens is 478 g/mol. The van der Waals surface area contributed by atoms with E-state index in [0.717, 1.165) is 33.9 Å². The van der Waals surface area contributed by atoms with Crippen LogP contribution in [-0.2, 0) is 4.79 Å². The number of anilines is 1. The third kappa shape index (κ3) is 5.13. The van der Waals surface area contributed by atoms with Gasteiger partial charge in [0.25, 0.3) is 0 Å². The van der Waals surface area contributed by atoms with Crippen LogP contribution in [-0.4, -0.2) is 32.0 Å². The average molecular weight is 510 g/mol. The van der Waals surface area contributed by atoms with Crippen LogP contribution in [0.2, 0.25) is 0 Å². The first kappa shape index (κ1) is 24.7. The normalized spacial score (nSPS) is 17.1. The van der Waals surface area contributed by atoms with Gasteiger partial charge in [-0.2, -0.15) is 0 Å². The highest BCUT2D eigenvalue weighted by Crippen LogP contribution is 2.39. The molecule has 2 N–H and O–H groups in total. The van der Waals surface area contributed by atoms with E-state index in [1.165, 1.54) is 5.56 Å². The highest BCUT2D eigenvalue weighted by atomic mass is 32.1. The Morgan fingerprint density at radius 1 is 1.00 bits per heavy atom. The van der Waals surface area contributed by atoms with Gasteiger partial charge < -0.3 is 20.1 Å². The Hall–Kier alpha value is -3.97. The maximum atomic E-state index is 13.0. The Labute approximate surface area is 223 Å². The fourth-order valence-corrected chi connectivity index (χ4v) is 5.29. The van der Waals surface area contributed by atoms with Gasteiger partial charge in [-0.3, -0.25) is 9.78 Å². The van der Waals surface area contributed by atoms with E-state index in [9.17, 15) is 4.79 Å². The zero-order valence-electron chi connectivity index (χ0n) is 21.3. The van der Waals surface area contributed by atoms with Gasteiger partial charge in [-0.25, -0.2) is 0 Å². The molecule has 1 saturated heterocycles. The molecule has 1 aliphatic heterocycles. The number of nitrogens with zero attached hydrogens (tertiary/aromatic N) is 3. The minimum absolute atomic E-state index is 0.0363. The van der Waals surface area contributed by atoms with Gasteiger partial charge in [-0.15, -0.1) is 0 Å². The molecule has 0 saturated carbocycles. The molecule has 7 heteroatoms. The van der Waals surface area contributed by atoms with Crippen molar-refractivity contribution >= 4 is 28.9 Å². The second-order valence-corrected chi connectivity index (χ2v) is 9.91. The zero-order chi connectivity index (χ0) is 25.9. The fourth-order valence-electron chi connectivity index (χ4n) is 4.96. The van der Waals surface area contributed by atoms with Gasteiger partial charge in [0.1, 0.15) is 0 Å². The van der Waals surface area contributed by atoms with E-state index < -0.39 is 0 Å². The van der Waals surface area contributed by atoms with E-state index in [2.05, 4.69) is 68.5 Å². The minimum Gasteiger partial charge on any atom is -0.352 e. The summed E-state index contributed by atoms with van der Waals surface area (Å²) in [6, 6.07) is 24.2. The van der Waals surface area contributed by atoms with Gasteiger partial charge in [-0.1, -0.05) is 36.4 Å². The van der Waals surface area contributed by atoms with Crippen molar-refractivity contribution in [2.24, 2.45) is 0 Å². The van der Waals surface area contributed by atoms with Crippen molar-refractivity contribution in [1.29, 1.82) is 0 Å². The van der Waals surface area contributed by atoms with E-state index in [1.807, 2.05) is 56.3 Å². The molecule has 0 aliphatic carbocycles. The van der Waals surface area contributed by atoms with E-state index in [1.54, 1.807) is 6.20 Å². The molecule has 0 spiro atoms. The van der Waals surface area contributed by atoms with Gasteiger partial charge in [0.2, 0.25) is 5.91 Å². The lowest BCUT2D eigenvalue weighted by molar-refractivity contribution is -0.116. The number of rotatable bonds is 7. The Morgan fingerprint density at radius 2 is 1.81 bits per heavy atom. The van der Waals surface area contributed by atoms with Gasteiger partial charge in [0.05, 0.1) is 17.8 Å². The molecule has 3 heterocycles. The molecule has 0 unspecified atom stereocenters. The number of para-hydroxylation sites is 1. The topological polar surface area (TPSA) is 62.2 Å². The number of benzene rings is 2. The highest BCUT2D eigenvalue weighted by molar-refractivity contribution is 7.80. The molecule has 0 bridgehead atoms. The maximum absolute atomic E-state index is 13.0. The van der Waals surface area contributed by atoms with E-state index in [-0.39, 0.29) is 18.0 Å². The van der Waals surface area contributed by atoms with Gasteiger partial charge in [-0.05, 0) is 86.1 Å². The molecule has 5 rings (SSSR count). The van der Waals surface area contributed by atoms with E-state index in [0.29, 0.717) is 18.1 Å². The largest absolute Gasteiger partial charge is 0.352 e. The zero-order valence-corrected chi connectivity index (χ0v) is 22.1. The Balaban J connectivity index is 1.45. The summed E-state index contributed by atoms with van der Waals surface area (Å²) in [5.74, 6) is -0.0363. The van der Waals surface area contributed by atoms with Gasteiger partial charge >= 0.3 is 0 Å². The van der Waals surface area contributed by atoms with Crippen LogP contribution < -0.4 is 10.6 Å². The predicted molar refractivity (Wildman–Crippen MR) is 152 cm³/mol. The summed E-state index contributed by atoms with van der Waals surface area (Å²) in [4.78, 5) is 19.8. The van der Waals surface area contributed by atoms with Crippen LogP contribution in [0.3, 0.4) is 0 Å². The second kappa shape index (κ2) is 10.6. The van der Waals surface area contributed by atoms with Crippen molar-refractivity contribution in [2.75, 3.05) is 11.9 Å². The lowest BCUT2D eigenvalue weighted by atomic mass is 10.0. The summed E-state index contributed by atoms with van der Waals surface area (Å²) in [5.41, 5.74) is 7.31. The molecule has 2 atom stereocenters. The minimum atomic E-state index is -0.145. The summed E-state index contributed by atoms with van der Waals surface area (Å²) >= 11 is 5.82. The first-order chi connectivity index (χ1) is 17.9. The standard InChI is InChI=1S/C30H31N5OS/c1-20-13-14-21(2)24(19-20)32-27(36)15-18-35-29(28(33-30(35)37)23-10-6-7-16-31-23)26-12-8-17-34(26)25-11-5-4-9-22(25)3/h4-14,16-17,19,28-29H,15,18H2,1-3H3,(H,32,36)(H,33,37)/t28-,29+/m1/s1. The molecular formula is C30H31N5OS. The fraction of sp³-hybridized carbons (Fsp3) is 0.233. The predicted octanol–water partition coefficient (Wildman–Crippen LogP) is 5.80. The Kier molecular flexibility index (Phi) is 7.06. The monoisotopic (exact) mass is 509 g/mol. The number of hydrogen-bond acceptors (Lipinski definition) is 3. The molecule has 2 aromatic carbocycles. The summed E-state index contributed by atoms with van der Waals surface area (Å²) in [5, 5.41) is 7.19. The first-order valence-corrected chi connectivity index (χ1v) is 12.9. The number of carbonyl (C=O) groups excluding carboxylic acids is 1. The molecule has 188 valence electrons. The number of pyridine rings is 1. The lowest BCUT2D eigenvalue weighted by Crippen LogP contribution is -2.33. The summed E-state index contributed by atoms with van der Waals surface area (Å²) < 4.78 is 2.22. The summed E-state index contributed by atoms with van der Waals surface area (Å²) in [6.07, 6.45) is 4.20. The number of carbonyl (C=O) groups is 1. The highest BCUT2D eigenvalue weighted by Gasteiger charge is 2.41. The van der Waals surface area contributed by atoms with Crippen LogP contribution in [0.4, 0.5) is 5.69 Å². The number of thiocarbonyl (C=S) groups is 1. The molecule has 6 nitrogen and oxygen atoms in total. The molecule has 1 fully saturated rings. The van der Waals surface area contributed by atoms with Crippen LogP contribution >= 0.6 is 12.2 Å².